The van der Waals surface area contributed by atoms with Crippen molar-refractivity contribution in [2.75, 3.05) is 0 Å². The number of aromatic nitrogens is 2. The summed E-state index contributed by atoms with van der Waals surface area (Å²) in [5, 5.41) is 2.05. The van der Waals surface area contributed by atoms with Gasteiger partial charge in [0, 0.05) is 24.0 Å². The Balaban J connectivity index is 1.71. The highest BCUT2D eigenvalue weighted by Crippen LogP contribution is 2.34. The Morgan fingerprint density at radius 1 is 0.957 bits per heavy atom. The second-order valence-electron chi connectivity index (χ2n) is 5.15. The highest BCUT2D eigenvalue weighted by molar-refractivity contribution is 7.17. The lowest BCUT2D eigenvalue weighted by molar-refractivity contribution is 0.310. The van der Waals surface area contributed by atoms with Gasteiger partial charge in [0.2, 0.25) is 0 Å². The zero-order valence-corrected chi connectivity index (χ0v) is 13.2. The van der Waals surface area contributed by atoms with Crippen molar-refractivity contribution in [3.05, 3.63) is 77.9 Å². The summed E-state index contributed by atoms with van der Waals surface area (Å²) >= 11 is 1.65. The van der Waals surface area contributed by atoms with Gasteiger partial charge in [0.25, 0.3) is 0 Å². The summed E-state index contributed by atoms with van der Waals surface area (Å²) in [5.74, 6) is 0.876. The SMILES string of the molecule is c1ccc(-c2cc(OCc3ccncc3)c3sccc3n2)cc1. The number of hydrogen-bond donors (Lipinski definition) is 0. The molecular formula is C19H14N2OS. The molecule has 0 amide bonds. The van der Waals surface area contributed by atoms with E-state index in [1.807, 2.05) is 47.8 Å². The molecule has 0 spiro atoms. The van der Waals surface area contributed by atoms with Crippen molar-refractivity contribution >= 4 is 21.6 Å². The smallest absolute Gasteiger partial charge is 0.141 e. The first-order valence-electron chi connectivity index (χ1n) is 7.35. The molecule has 4 rings (SSSR count). The number of nitrogens with zero attached hydrogens (tertiary/aromatic N) is 2. The molecule has 0 saturated carbocycles. The molecule has 1 aromatic carbocycles. The maximum atomic E-state index is 6.07. The van der Waals surface area contributed by atoms with Gasteiger partial charge in [-0.1, -0.05) is 30.3 Å². The lowest BCUT2D eigenvalue weighted by Crippen LogP contribution is -1.96. The van der Waals surface area contributed by atoms with Crippen LogP contribution in [0.2, 0.25) is 0 Å². The average molecular weight is 318 g/mol. The molecule has 0 aliphatic heterocycles. The Kier molecular flexibility index (Phi) is 3.74. The molecule has 3 aromatic heterocycles. The lowest BCUT2D eigenvalue weighted by Gasteiger charge is -2.09. The van der Waals surface area contributed by atoms with E-state index < -0.39 is 0 Å². The minimum Gasteiger partial charge on any atom is -0.487 e. The third kappa shape index (κ3) is 2.94. The van der Waals surface area contributed by atoms with Crippen LogP contribution < -0.4 is 4.74 Å². The molecule has 4 heteroatoms. The van der Waals surface area contributed by atoms with Gasteiger partial charge in [-0.05, 0) is 29.1 Å². The summed E-state index contributed by atoms with van der Waals surface area (Å²) in [6.07, 6.45) is 3.56. The summed E-state index contributed by atoms with van der Waals surface area (Å²) < 4.78 is 7.15. The van der Waals surface area contributed by atoms with E-state index in [0.29, 0.717) is 6.61 Å². The number of fused-ring (bicyclic) bond motifs is 1. The maximum Gasteiger partial charge on any atom is 0.141 e. The van der Waals surface area contributed by atoms with E-state index in [1.54, 1.807) is 23.7 Å². The zero-order chi connectivity index (χ0) is 15.5. The van der Waals surface area contributed by atoms with Gasteiger partial charge in [-0.25, -0.2) is 4.98 Å². The number of benzene rings is 1. The van der Waals surface area contributed by atoms with Gasteiger partial charge in [0.1, 0.15) is 12.4 Å². The van der Waals surface area contributed by atoms with Gasteiger partial charge in [0.05, 0.1) is 15.9 Å². The molecule has 0 saturated heterocycles. The van der Waals surface area contributed by atoms with Crippen LogP contribution in [0.15, 0.2) is 72.4 Å². The highest BCUT2D eigenvalue weighted by atomic mass is 32.1. The van der Waals surface area contributed by atoms with Crippen LogP contribution in [0.4, 0.5) is 0 Å². The van der Waals surface area contributed by atoms with Crippen LogP contribution in [-0.4, -0.2) is 9.97 Å². The summed E-state index contributed by atoms with van der Waals surface area (Å²) in [6.45, 7) is 0.522. The van der Waals surface area contributed by atoms with E-state index in [1.165, 1.54) is 0 Å². The van der Waals surface area contributed by atoms with Gasteiger partial charge in [-0.3, -0.25) is 4.98 Å². The number of rotatable bonds is 4. The Labute approximate surface area is 138 Å². The van der Waals surface area contributed by atoms with E-state index in [0.717, 1.165) is 32.8 Å². The molecule has 0 fully saturated rings. The van der Waals surface area contributed by atoms with Gasteiger partial charge in [-0.15, -0.1) is 11.3 Å². The van der Waals surface area contributed by atoms with Crippen molar-refractivity contribution in [3.8, 4) is 17.0 Å². The molecule has 0 atom stereocenters. The molecule has 3 heterocycles. The predicted molar refractivity (Wildman–Crippen MR) is 93.6 cm³/mol. The highest BCUT2D eigenvalue weighted by Gasteiger charge is 2.10. The molecule has 3 nitrogen and oxygen atoms in total. The Bertz CT molecular complexity index is 920. The largest absolute Gasteiger partial charge is 0.487 e. The van der Waals surface area contributed by atoms with Crippen LogP contribution in [0, 0.1) is 0 Å². The van der Waals surface area contributed by atoms with Gasteiger partial charge in [-0.2, -0.15) is 0 Å². The first-order valence-corrected chi connectivity index (χ1v) is 8.23. The maximum absolute atomic E-state index is 6.07. The molecule has 0 unspecified atom stereocenters. The average Bonchev–Trinajstić information content (AvgIpc) is 3.10. The van der Waals surface area contributed by atoms with Crippen LogP contribution in [0.25, 0.3) is 21.5 Å². The van der Waals surface area contributed by atoms with Gasteiger partial charge >= 0.3 is 0 Å². The predicted octanol–water partition coefficient (Wildman–Crippen LogP) is 4.94. The van der Waals surface area contributed by atoms with E-state index in [4.69, 9.17) is 9.72 Å². The molecule has 0 aliphatic carbocycles. The van der Waals surface area contributed by atoms with E-state index in [-0.39, 0.29) is 0 Å². The van der Waals surface area contributed by atoms with Crippen LogP contribution in [0.5, 0.6) is 5.75 Å². The fourth-order valence-corrected chi connectivity index (χ4v) is 3.23. The van der Waals surface area contributed by atoms with Crippen molar-refractivity contribution in [1.29, 1.82) is 0 Å². The molecular weight excluding hydrogens is 304 g/mol. The first-order chi connectivity index (χ1) is 11.4. The second kappa shape index (κ2) is 6.18. The van der Waals surface area contributed by atoms with Crippen molar-refractivity contribution in [2.45, 2.75) is 6.61 Å². The Morgan fingerprint density at radius 2 is 1.78 bits per heavy atom. The molecule has 0 aliphatic rings. The van der Waals surface area contributed by atoms with Crippen LogP contribution in [0.1, 0.15) is 5.56 Å². The lowest BCUT2D eigenvalue weighted by atomic mass is 10.1. The molecule has 4 aromatic rings. The van der Waals surface area contributed by atoms with Crippen molar-refractivity contribution in [1.82, 2.24) is 9.97 Å². The van der Waals surface area contributed by atoms with E-state index in [9.17, 15) is 0 Å². The summed E-state index contributed by atoms with van der Waals surface area (Å²) in [4.78, 5) is 8.77. The topological polar surface area (TPSA) is 35.0 Å². The molecule has 0 radical (unpaired) electrons. The second-order valence-corrected chi connectivity index (χ2v) is 6.07. The third-order valence-electron chi connectivity index (χ3n) is 3.59. The fourth-order valence-electron chi connectivity index (χ4n) is 2.43. The van der Waals surface area contributed by atoms with Crippen LogP contribution in [0.3, 0.4) is 0 Å². The van der Waals surface area contributed by atoms with Crippen molar-refractivity contribution in [3.63, 3.8) is 0 Å². The third-order valence-corrected chi connectivity index (χ3v) is 4.51. The first kappa shape index (κ1) is 13.9. The normalized spacial score (nSPS) is 10.8. The van der Waals surface area contributed by atoms with E-state index in [2.05, 4.69) is 17.1 Å². The summed E-state index contributed by atoms with van der Waals surface area (Å²) in [7, 11) is 0. The molecule has 0 N–H and O–H groups in total. The summed E-state index contributed by atoms with van der Waals surface area (Å²) in [6, 6.07) is 18.2. The minimum atomic E-state index is 0.522. The number of pyridine rings is 2. The number of hydrogen-bond acceptors (Lipinski definition) is 4. The standard InChI is InChI=1S/C19H14N2OS/c1-2-4-15(5-3-1)17-12-18(19-16(21-17)8-11-23-19)22-13-14-6-9-20-10-7-14/h1-12H,13H2. The quantitative estimate of drug-likeness (QED) is 0.535. The monoisotopic (exact) mass is 318 g/mol. The van der Waals surface area contributed by atoms with Crippen LogP contribution >= 0.6 is 11.3 Å². The zero-order valence-electron chi connectivity index (χ0n) is 12.3. The minimum absolute atomic E-state index is 0.522. The number of ether oxygens (including phenoxy) is 1. The van der Waals surface area contributed by atoms with Gasteiger partial charge < -0.3 is 4.74 Å². The Morgan fingerprint density at radius 3 is 2.61 bits per heavy atom. The fraction of sp³-hybridized carbons (Fsp3) is 0.0526. The van der Waals surface area contributed by atoms with E-state index >= 15 is 0 Å². The molecule has 23 heavy (non-hydrogen) atoms. The number of thiophene rings is 1. The Hall–Kier alpha value is -2.72. The van der Waals surface area contributed by atoms with Gasteiger partial charge in [0.15, 0.2) is 0 Å². The molecule has 112 valence electrons. The molecule has 0 bridgehead atoms. The van der Waals surface area contributed by atoms with Crippen molar-refractivity contribution in [2.24, 2.45) is 0 Å². The van der Waals surface area contributed by atoms with Crippen LogP contribution in [-0.2, 0) is 6.61 Å². The van der Waals surface area contributed by atoms with Crippen molar-refractivity contribution < 1.29 is 4.74 Å². The summed E-state index contributed by atoms with van der Waals surface area (Å²) in [5.41, 5.74) is 4.10.